The van der Waals surface area contributed by atoms with Gasteiger partial charge in [0.2, 0.25) is 0 Å². The molecule has 0 spiro atoms. The van der Waals surface area contributed by atoms with Crippen LogP contribution in [-0.2, 0) is 0 Å². The van der Waals surface area contributed by atoms with Gasteiger partial charge in [-0.1, -0.05) is 91.1 Å². The van der Waals surface area contributed by atoms with Crippen LogP contribution in [-0.4, -0.2) is 6.04 Å². The summed E-state index contributed by atoms with van der Waals surface area (Å²) >= 11 is 0. The lowest BCUT2D eigenvalue weighted by molar-refractivity contribution is 0.730. The molecule has 0 radical (unpaired) electrons. The van der Waals surface area contributed by atoms with E-state index in [4.69, 9.17) is 0 Å². The summed E-state index contributed by atoms with van der Waals surface area (Å²) in [6.45, 7) is 0. The highest BCUT2D eigenvalue weighted by Gasteiger charge is 2.40. The standard InChI is InChI=1S/C42H38N2/c1-3-12-29(13-4-1)30-14-11-17-34(26-30)44-40-21-10-8-19-36(40)38-28-32(23-25-42(38)44)31-22-24-41-37(27-31)35-18-7-9-20-39(35)43(41)33-15-5-2-6-16-33/h5,7-12,14-26,28,37-38,42H,1-4,6,13,27H2. The quantitative estimate of drug-likeness (QED) is 0.308. The molecule has 3 aromatic rings. The predicted octanol–water partition coefficient (Wildman–Crippen LogP) is 10.8. The average molecular weight is 571 g/mol. The topological polar surface area (TPSA) is 6.48 Å². The maximum atomic E-state index is 2.58. The Kier molecular flexibility index (Phi) is 6.21. The molecule has 0 saturated carbocycles. The molecule has 0 bridgehead atoms. The van der Waals surface area contributed by atoms with Crippen LogP contribution in [0, 0.1) is 0 Å². The molecule has 9 rings (SSSR count). The van der Waals surface area contributed by atoms with E-state index < -0.39 is 0 Å². The second-order valence-electron chi connectivity index (χ2n) is 13.0. The van der Waals surface area contributed by atoms with Gasteiger partial charge in [-0.15, -0.1) is 0 Å². The van der Waals surface area contributed by atoms with E-state index in [1.807, 2.05) is 0 Å². The van der Waals surface area contributed by atoms with Gasteiger partial charge in [0.25, 0.3) is 0 Å². The minimum Gasteiger partial charge on any atom is -0.333 e. The summed E-state index contributed by atoms with van der Waals surface area (Å²) in [5.74, 6) is 0.721. The van der Waals surface area contributed by atoms with Crippen molar-refractivity contribution < 1.29 is 0 Å². The summed E-state index contributed by atoms with van der Waals surface area (Å²) in [5.41, 5.74) is 15.3. The van der Waals surface area contributed by atoms with Crippen molar-refractivity contribution in [1.82, 2.24) is 0 Å². The third-order valence-corrected chi connectivity index (χ3v) is 10.5. The summed E-state index contributed by atoms with van der Waals surface area (Å²) in [7, 11) is 0. The summed E-state index contributed by atoms with van der Waals surface area (Å²) in [4.78, 5) is 5.09. The van der Waals surface area contributed by atoms with Gasteiger partial charge in [-0.3, -0.25) is 0 Å². The lowest BCUT2D eigenvalue weighted by Crippen LogP contribution is -2.29. The molecule has 2 nitrogen and oxygen atoms in total. The molecule has 0 N–H and O–H groups in total. The predicted molar refractivity (Wildman–Crippen MR) is 184 cm³/mol. The van der Waals surface area contributed by atoms with Crippen LogP contribution in [0.15, 0.2) is 150 Å². The lowest BCUT2D eigenvalue weighted by Gasteiger charge is -2.31. The van der Waals surface area contributed by atoms with E-state index in [0.29, 0.717) is 11.8 Å². The van der Waals surface area contributed by atoms with Crippen molar-refractivity contribution in [1.29, 1.82) is 0 Å². The maximum Gasteiger partial charge on any atom is 0.0630 e. The summed E-state index contributed by atoms with van der Waals surface area (Å²) in [6, 6.07) is 27.7. The minimum atomic E-state index is 0.287. The molecule has 0 fully saturated rings. The first kappa shape index (κ1) is 25.9. The van der Waals surface area contributed by atoms with Crippen molar-refractivity contribution in [3.63, 3.8) is 0 Å². The Labute approximate surface area is 261 Å². The van der Waals surface area contributed by atoms with Gasteiger partial charge in [0.15, 0.2) is 0 Å². The van der Waals surface area contributed by atoms with Crippen molar-refractivity contribution in [2.24, 2.45) is 0 Å². The number of rotatable bonds is 4. The molecule has 2 aliphatic heterocycles. The zero-order valence-electron chi connectivity index (χ0n) is 25.2. The van der Waals surface area contributed by atoms with Crippen LogP contribution >= 0.6 is 0 Å². The Morgan fingerprint density at radius 1 is 0.705 bits per heavy atom. The fraction of sp³-hybridized carbons (Fsp3) is 0.238. The Bertz CT molecular complexity index is 1870. The molecule has 0 saturated heterocycles. The van der Waals surface area contributed by atoms with Gasteiger partial charge < -0.3 is 9.80 Å². The second-order valence-corrected chi connectivity index (χ2v) is 13.0. The molecule has 6 aliphatic rings. The van der Waals surface area contributed by atoms with Crippen molar-refractivity contribution in [3.8, 4) is 0 Å². The third-order valence-electron chi connectivity index (χ3n) is 10.5. The van der Waals surface area contributed by atoms with Gasteiger partial charge >= 0.3 is 0 Å². The third kappa shape index (κ3) is 4.15. The van der Waals surface area contributed by atoms with Crippen LogP contribution < -0.4 is 9.80 Å². The maximum absolute atomic E-state index is 2.58. The molecule has 3 aromatic carbocycles. The molecular formula is C42H38N2. The van der Waals surface area contributed by atoms with Crippen LogP contribution in [0.3, 0.4) is 0 Å². The van der Waals surface area contributed by atoms with E-state index in [0.717, 1.165) is 19.3 Å². The lowest BCUT2D eigenvalue weighted by atomic mass is 9.80. The first-order chi connectivity index (χ1) is 21.8. The fourth-order valence-electron chi connectivity index (χ4n) is 8.41. The Morgan fingerprint density at radius 3 is 2.45 bits per heavy atom. The highest BCUT2D eigenvalue weighted by atomic mass is 15.2. The number of benzene rings is 3. The van der Waals surface area contributed by atoms with E-state index in [9.17, 15) is 0 Å². The normalized spacial score (nSPS) is 24.8. The molecule has 216 valence electrons. The number of fused-ring (bicyclic) bond motifs is 6. The summed E-state index contributed by atoms with van der Waals surface area (Å²) in [6.07, 6.45) is 30.0. The zero-order valence-corrected chi connectivity index (χ0v) is 25.2. The molecule has 2 heterocycles. The van der Waals surface area contributed by atoms with Gasteiger partial charge in [-0.25, -0.2) is 0 Å². The smallest absolute Gasteiger partial charge is 0.0630 e. The van der Waals surface area contributed by atoms with Gasteiger partial charge in [0.1, 0.15) is 0 Å². The van der Waals surface area contributed by atoms with E-state index in [2.05, 4.69) is 137 Å². The largest absolute Gasteiger partial charge is 0.333 e. The van der Waals surface area contributed by atoms with Gasteiger partial charge in [-0.2, -0.15) is 0 Å². The molecule has 44 heavy (non-hydrogen) atoms. The first-order valence-corrected chi connectivity index (χ1v) is 16.6. The average Bonchev–Trinajstić information content (AvgIpc) is 3.61. The number of anilines is 3. The van der Waals surface area contributed by atoms with Crippen LogP contribution in [0.4, 0.5) is 17.1 Å². The monoisotopic (exact) mass is 570 g/mol. The molecule has 0 aromatic heterocycles. The fourth-order valence-corrected chi connectivity index (χ4v) is 8.41. The summed E-state index contributed by atoms with van der Waals surface area (Å²) in [5, 5.41) is 0. The highest BCUT2D eigenvalue weighted by Crippen LogP contribution is 2.53. The van der Waals surface area contributed by atoms with Crippen LogP contribution in [0.25, 0.3) is 5.57 Å². The SMILES string of the molecule is C1=CC(N2C3=CC=C(C4=CC5c6ccccc6N(c6cccc(C7=CCCCC7)c6)C5C=C4)CC3c3ccccc32)=CCC1. The number of para-hydroxylation sites is 2. The van der Waals surface area contributed by atoms with Crippen molar-refractivity contribution in [2.75, 3.05) is 9.80 Å². The van der Waals surface area contributed by atoms with Gasteiger partial charge in [-0.05, 0) is 115 Å². The van der Waals surface area contributed by atoms with E-state index in [-0.39, 0.29) is 6.04 Å². The number of hydrogen-bond donors (Lipinski definition) is 0. The van der Waals surface area contributed by atoms with Gasteiger partial charge in [0, 0.05) is 40.3 Å². The van der Waals surface area contributed by atoms with Crippen molar-refractivity contribution >= 4 is 22.6 Å². The van der Waals surface area contributed by atoms with Crippen molar-refractivity contribution in [2.45, 2.75) is 62.8 Å². The summed E-state index contributed by atoms with van der Waals surface area (Å²) < 4.78 is 0. The van der Waals surface area contributed by atoms with E-state index in [1.165, 1.54) is 87.5 Å². The molecule has 3 unspecified atom stereocenters. The molecular weight excluding hydrogens is 532 g/mol. The molecule has 3 atom stereocenters. The number of allylic oxidation sites excluding steroid dienone is 11. The van der Waals surface area contributed by atoms with E-state index >= 15 is 0 Å². The highest BCUT2D eigenvalue weighted by molar-refractivity contribution is 5.79. The van der Waals surface area contributed by atoms with Crippen LogP contribution in [0.5, 0.6) is 0 Å². The minimum absolute atomic E-state index is 0.287. The number of nitrogens with zero attached hydrogens (tertiary/aromatic N) is 2. The van der Waals surface area contributed by atoms with Crippen LogP contribution in [0.1, 0.15) is 73.5 Å². The van der Waals surface area contributed by atoms with Crippen molar-refractivity contribution in [3.05, 3.63) is 167 Å². The molecule has 2 heteroatoms. The first-order valence-electron chi connectivity index (χ1n) is 16.6. The zero-order chi connectivity index (χ0) is 29.0. The van der Waals surface area contributed by atoms with Crippen LogP contribution in [0.2, 0.25) is 0 Å². The molecule has 4 aliphatic carbocycles. The Morgan fingerprint density at radius 2 is 1.59 bits per heavy atom. The number of hydrogen-bond acceptors (Lipinski definition) is 2. The van der Waals surface area contributed by atoms with E-state index in [1.54, 1.807) is 0 Å². The molecule has 0 amide bonds. The Balaban J connectivity index is 1.06. The Hall–Kier alpha value is -4.56. The second kappa shape index (κ2) is 10.6. The van der Waals surface area contributed by atoms with Gasteiger partial charge in [0.05, 0.1) is 6.04 Å².